The Morgan fingerprint density at radius 3 is 2.85 bits per heavy atom. The van der Waals surface area contributed by atoms with Crippen LogP contribution in [0.4, 0.5) is 5.69 Å². The Balaban J connectivity index is 1.46. The number of fused-ring (bicyclic) bond motifs is 2. The number of carbonyl (C=O) groups excluding carboxylic acids is 1. The lowest BCUT2D eigenvalue weighted by molar-refractivity contribution is -0.116. The van der Waals surface area contributed by atoms with Crippen molar-refractivity contribution in [1.29, 1.82) is 5.26 Å². The second kappa shape index (κ2) is 8.22. The molecule has 2 aromatic heterocycles. The molecule has 4 aromatic rings. The van der Waals surface area contributed by atoms with E-state index in [1.807, 2.05) is 32.0 Å². The molecule has 3 heterocycles. The van der Waals surface area contributed by atoms with Gasteiger partial charge in [-0.15, -0.1) is 0 Å². The van der Waals surface area contributed by atoms with Crippen molar-refractivity contribution >= 4 is 34.4 Å². The maximum absolute atomic E-state index is 13.3. The van der Waals surface area contributed by atoms with E-state index < -0.39 is 0 Å². The maximum Gasteiger partial charge on any atom is 0.265 e. The van der Waals surface area contributed by atoms with Crippen LogP contribution in [-0.4, -0.2) is 31.0 Å². The van der Waals surface area contributed by atoms with Gasteiger partial charge < -0.3 is 5.32 Å². The van der Waals surface area contributed by atoms with Crippen molar-refractivity contribution in [3.8, 4) is 11.8 Å². The molecule has 164 valence electrons. The number of hydrogen-bond acceptors (Lipinski definition) is 6. The average molecular weight is 457 g/mol. The van der Waals surface area contributed by atoms with E-state index in [-0.39, 0.29) is 23.9 Å². The van der Waals surface area contributed by atoms with Gasteiger partial charge in [0, 0.05) is 12.2 Å². The first-order chi connectivity index (χ1) is 16.0. The first-order valence-corrected chi connectivity index (χ1v) is 11.4. The third-order valence-corrected chi connectivity index (χ3v) is 6.95. The Morgan fingerprint density at radius 1 is 1.24 bits per heavy atom. The monoisotopic (exact) mass is 456 g/mol. The van der Waals surface area contributed by atoms with Crippen LogP contribution >= 0.6 is 11.8 Å². The summed E-state index contributed by atoms with van der Waals surface area (Å²) in [6.07, 6.45) is 1.65. The van der Waals surface area contributed by atoms with E-state index in [4.69, 9.17) is 4.98 Å². The molecule has 0 aliphatic carbocycles. The van der Waals surface area contributed by atoms with Gasteiger partial charge in [0.1, 0.15) is 11.5 Å². The molecular formula is C24H20N6O2S. The Labute approximate surface area is 193 Å². The van der Waals surface area contributed by atoms with Gasteiger partial charge in [-0.3, -0.25) is 14.2 Å². The van der Waals surface area contributed by atoms with Gasteiger partial charge >= 0.3 is 0 Å². The van der Waals surface area contributed by atoms with Gasteiger partial charge in [-0.2, -0.15) is 10.4 Å². The average Bonchev–Trinajstić information content (AvgIpc) is 3.41. The minimum Gasteiger partial charge on any atom is -0.325 e. The number of aromatic nitrogens is 4. The number of para-hydroxylation sites is 1. The third kappa shape index (κ3) is 3.68. The van der Waals surface area contributed by atoms with Gasteiger partial charge in [0.2, 0.25) is 5.91 Å². The first kappa shape index (κ1) is 21.0. The van der Waals surface area contributed by atoms with Gasteiger partial charge in [-0.05, 0) is 49.2 Å². The normalized spacial score (nSPS) is 14.8. The molecule has 2 aromatic carbocycles. The lowest BCUT2D eigenvalue weighted by atomic mass is 10.1. The SMILES string of the molecule is Cc1ccc(-n2ncc3c(=O)n4c(nc32)SCC4CC(=O)Nc2ccccc2C#N)cc1C. The summed E-state index contributed by atoms with van der Waals surface area (Å²) in [7, 11) is 0. The molecule has 9 heteroatoms. The highest BCUT2D eigenvalue weighted by atomic mass is 32.2. The van der Waals surface area contributed by atoms with Gasteiger partial charge in [-0.25, -0.2) is 9.67 Å². The summed E-state index contributed by atoms with van der Waals surface area (Å²) in [5, 5.41) is 17.4. The van der Waals surface area contributed by atoms with Crippen molar-refractivity contribution in [1.82, 2.24) is 19.3 Å². The predicted molar refractivity (Wildman–Crippen MR) is 127 cm³/mol. The lowest BCUT2D eigenvalue weighted by Gasteiger charge is -2.14. The summed E-state index contributed by atoms with van der Waals surface area (Å²) in [5.41, 5.74) is 4.32. The van der Waals surface area contributed by atoms with Crippen LogP contribution < -0.4 is 10.9 Å². The zero-order valence-corrected chi connectivity index (χ0v) is 18.9. The molecule has 0 fully saturated rings. The highest BCUT2D eigenvalue weighted by Crippen LogP contribution is 2.33. The van der Waals surface area contributed by atoms with E-state index in [0.29, 0.717) is 33.2 Å². The molecular weight excluding hydrogens is 436 g/mol. The van der Waals surface area contributed by atoms with Crippen molar-refractivity contribution in [2.45, 2.75) is 31.5 Å². The van der Waals surface area contributed by atoms with E-state index in [1.54, 1.807) is 33.5 Å². The van der Waals surface area contributed by atoms with E-state index in [1.165, 1.54) is 23.5 Å². The molecule has 0 saturated heterocycles. The van der Waals surface area contributed by atoms with Crippen molar-refractivity contribution in [3.63, 3.8) is 0 Å². The van der Waals surface area contributed by atoms with Gasteiger partial charge in [0.05, 0.1) is 29.2 Å². The van der Waals surface area contributed by atoms with Crippen LogP contribution in [0.2, 0.25) is 0 Å². The fourth-order valence-electron chi connectivity index (χ4n) is 3.93. The number of aryl methyl sites for hydroxylation is 2. The number of benzene rings is 2. The fourth-order valence-corrected chi connectivity index (χ4v) is 5.06. The highest BCUT2D eigenvalue weighted by molar-refractivity contribution is 7.99. The molecule has 1 N–H and O–H groups in total. The fraction of sp³-hybridized carbons (Fsp3) is 0.208. The van der Waals surface area contributed by atoms with Crippen LogP contribution in [0.5, 0.6) is 0 Å². The third-order valence-electron chi connectivity index (χ3n) is 5.85. The second-order valence-corrected chi connectivity index (χ2v) is 8.99. The van der Waals surface area contributed by atoms with Crippen molar-refractivity contribution in [2.75, 3.05) is 11.1 Å². The number of anilines is 1. The van der Waals surface area contributed by atoms with Crippen molar-refractivity contribution in [2.24, 2.45) is 0 Å². The standard InChI is InChI=1S/C24H20N6O2S/c1-14-7-8-17(9-15(14)2)30-22-19(12-26-30)23(32)29-18(13-33-24(29)28-22)10-21(31)27-20-6-4-3-5-16(20)11-25/h3-9,12,18H,10,13H2,1-2H3,(H,27,31). The molecule has 1 atom stereocenters. The van der Waals surface area contributed by atoms with Crippen LogP contribution in [-0.2, 0) is 4.79 Å². The molecule has 1 amide bonds. The number of thioether (sulfide) groups is 1. The second-order valence-electron chi connectivity index (χ2n) is 8.01. The predicted octanol–water partition coefficient (Wildman–Crippen LogP) is 3.75. The number of carbonyl (C=O) groups is 1. The molecule has 0 spiro atoms. The number of hydrogen-bond donors (Lipinski definition) is 1. The lowest BCUT2D eigenvalue weighted by Crippen LogP contribution is -2.27. The number of rotatable bonds is 4. The molecule has 8 nitrogen and oxygen atoms in total. The van der Waals surface area contributed by atoms with Crippen LogP contribution in [0.25, 0.3) is 16.7 Å². The Kier molecular flexibility index (Phi) is 5.23. The zero-order valence-electron chi connectivity index (χ0n) is 18.1. The quantitative estimate of drug-likeness (QED) is 0.469. The molecule has 1 aliphatic heterocycles. The minimum absolute atomic E-state index is 0.109. The zero-order chi connectivity index (χ0) is 23.1. The summed E-state index contributed by atoms with van der Waals surface area (Å²) < 4.78 is 3.28. The molecule has 1 unspecified atom stereocenters. The highest BCUT2D eigenvalue weighted by Gasteiger charge is 2.29. The molecule has 5 rings (SSSR count). The first-order valence-electron chi connectivity index (χ1n) is 10.5. The van der Waals surface area contributed by atoms with Gasteiger partial charge in [0.25, 0.3) is 5.56 Å². The Hall–Kier alpha value is -3.90. The molecule has 33 heavy (non-hydrogen) atoms. The topological polar surface area (TPSA) is 106 Å². The summed E-state index contributed by atoms with van der Waals surface area (Å²) in [5.74, 6) is 0.313. The number of nitrogens with one attached hydrogen (secondary N) is 1. The van der Waals surface area contributed by atoms with Crippen LogP contribution in [0.3, 0.4) is 0 Å². The van der Waals surface area contributed by atoms with Crippen LogP contribution in [0.15, 0.2) is 58.6 Å². The summed E-state index contributed by atoms with van der Waals surface area (Å²) in [6.45, 7) is 4.08. The largest absolute Gasteiger partial charge is 0.325 e. The van der Waals surface area contributed by atoms with Crippen molar-refractivity contribution in [3.05, 3.63) is 75.7 Å². The van der Waals surface area contributed by atoms with Crippen molar-refractivity contribution < 1.29 is 4.79 Å². The number of amides is 1. The summed E-state index contributed by atoms with van der Waals surface area (Å²) >= 11 is 1.45. The Bertz CT molecular complexity index is 1510. The molecule has 0 bridgehead atoms. The van der Waals surface area contributed by atoms with Crippen LogP contribution in [0.1, 0.15) is 29.2 Å². The van der Waals surface area contributed by atoms with Gasteiger partial charge in [-0.1, -0.05) is 30.0 Å². The van der Waals surface area contributed by atoms with E-state index in [2.05, 4.69) is 16.5 Å². The summed E-state index contributed by atoms with van der Waals surface area (Å²) in [6, 6.07) is 14.6. The Morgan fingerprint density at radius 2 is 2.06 bits per heavy atom. The molecule has 0 saturated carbocycles. The number of nitrogens with zero attached hydrogens (tertiary/aromatic N) is 5. The van der Waals surface area contributed by atoms with E-state index in [9.17, 15) is 14.9 Å². The summed E-state index contributed by atoms with van der Waals surface area (Å²) in [4.78, 5) is 30.7. The van der Waals surface area contributed by atoms with E-state index in [0.717, 1.165) is 11.3 Å². The number of nitriles is 1. The van der Waals surface area contributed by atoms with Crippen LogP contribution in [0, 0.1) is 25.2 Å². The minimum atomic E-state index is -0.325. The van der Waals surface area contributed by atoms with E-state index >= 15 is 0 Å². The molecule has 0 radical (unpaired) electrons. The van der Waals surface area contributed by atoms with Gasteiger partial charge in [0.15, 0.2) is 10.8 Å². The molecule has 1 aliphatic rings. The maximum atomic E-state index is 13.3. The smallest absolute Gasteiger partial charge is 0.265 e.